The minimum atomic E-state index is -0.970. The molecule has 31 heavy (non-hydrogen) atoms. The molecule has 0 heterocycles. The molecule has 164 valence electrons. The maximum atomic E-state index is 12.7. The topological polar surface area (TPSA) is 66.8 Å². The molecular formula is C26H31NO4. The lowest BCUT2D eigenvalue weighted by molar-refractivity contribution is -0.142. The van der Waals surface area contributed by atoms with Crippen LogP contribution in [0.4, 0.5) is 4.79 Å². The summed E-state index contributed by atoms with van der Waals surface area (Å²) in [5.41, 5.74) is 4.63. The van der Waals surface area contributed by atoms with Crippen LogP contribution in [0.15, 0.2) is 48.5 Å². The molecule has 5 nitrogen and oxygen atoms in total. The van der Waals surface area contributed by atoms with Gasteiger partial charge >= 0.3 is 12.1 Å². The van der Waals surface area contributed by atoms with E-state index in [9.17, 15) is 14.7 Å². The van der Waals surface area contributed by atoms with Crippen LogP contribution in [0.3, 0.4) is 0 Å². The molecule has 1 saturated carbocycles. The maximum absolute atomic E-state index is 12.7. The smallest absolute Gasteiger partial charge is 0.410 e. The third-order valence-corrected chi connectivity index (χ3v) is 6.94. The number of carboxylic acids is 1. The third-order valence-electron chi connectivity index (χ3n) is 6.94. The zero-order valence-corrected chi connectivity index (χ0v) is 18.1. The first-order valence-electron chi connectivity index (χ1n) is 11.4. The zero-order chi connectivity index (χ0) is 21.8. The minimum absolute atomic E-state index is 0.0320. The van der Waals surface area contributed by atoms with E-state index >= 15 is 0 Å². The van der Waals surface area contributed by atoms with Crippen molar-refractivity contribution in [1.82, 2.24) is 4.90 Å². The van der Waals surface area contributed by atoms with Crippen LogP contribution in [0, 0.1) is 5.92 Å². The van der Waals surface area contributed by atoms with Gasteiger partial charge in [0.15, 0.2) is 0 Å². The van der Waals surface area contributed by atoms with E-state index in [-0.39, 0.29) is 12.5 Å². The van der Waals surface area contributed by atoms with Crippen molar-refractivity contribution in [2.24, 2.45) is 5.92 Å². The standard InChI is InChI=1S/C26H31NO4/c1-27(24(25(28)29)16-8-11-18-9-2-3-10-18)26(30)31-17-23-21-14-6-4-12-19(21)20-13-5-7-15-22(20)23/h4-7,12-15,18,23-24H,2-3,8-11,16-17H2,1H3,(H,28,29)/t24-/m0/s1. The Morgan fingerprint density at radius 2 is 1.61 bits per heavy atom. The molecule has 0 unspecified atom stereocenters. The number of benzene rings is 2. The fourth-order valence-corrected chi connectivity index (χ4v) is 5.20. The van der Waals surface area contributed by atoms with Gasteiger partial charge in [-0.1, -0.05) is 87.1 Å². The van der Waals surface area contributed by atoms with Gasteiger partial charge in [-0.25, -0.2) is 9.59 Å². The Morgan fingerprint density at radius 3 is 2.19 bits per heavy atom. The highest BCUT2D eigenvalue weighted by Crippen LogP contribution is 2.44. The highest BCUT2D eigenvalue weighted by Gasteiger charge is 2.32. The van der Waals surface area contributed by atoms with Gasteiger partial charge in [-0.3, -0.25) is 4.90 Å². The SMILES string of the molecule is CN(C(=O)OCC1c2ccccc2-c2ccccc21)[C@@H](CCCC1CCCC1)C(=O)O. The second kappa shape index (κ2) is 9.54. The molecule has 0 spiro atoms. The van der Waals surface area contributed by atoms with Crippen molar-refractivity contribution in [3.05, 3.63) is 59.7 Å². The summed E-state index contributed by atoms with van der Waals surface area (Å²) < 4.78 is 5.64. The number of hydrogen-bond donors (Lipinski definition) is 1. The Morgan fingerprint density at radius 1 is 1.03 bits per heavy atom. The number of fused-ring (bicyclic) bond motifs is 3. The van der Waals surface area contributed by atoms with E-state index in [2.05, 4.69) is 24.3 Å². The van der Waals surface area contributed by atoms with Crippen molar-refractivity contribution >= 4 is 12.1 Å². The Hall–Kier alpha value is -2.82. The number of amides is 1. The fourth-order valence-electron chi connectivity index (χ4n) is 5.20. The second-order valence-electron chi connectivity index (χ2n) is 8.85. The molecule has 1 N–H and O–H groups in total. The quantitative estimate of drug-likeness (QED) is 0.595. The Bertz CT molecular complexity index is 889. The number of carboxylic acid groups (broad SMARTS) is 1. The van der Waals surface area contributed by atoms with Crippen LogP contribution in [0.1, 0.15) is 62.0 Å². The van der Waals surface area contributed by atoms with Crippen LogP contribution in [0.2, 0.25) is 0 Å². The second-order valence-corrected chi connectivity index (χ2v) is 8.85. The Kier molecular flexibility index (Phi) is 6.59. The summed E-state index contributed by atoms with van der Waals surface area (Å²) in [7, 11) is 1.53. The first-order chi connectivity index (χ1) is 15.1. The molecule has 1 amide bonds. The molecule has 0 bridgehead atoms. The summed E-state index contributed by atoms with van der Waals surface area (Å²) in [4.78, 5) is 25.8. The summed E-state index contributed by atoms with van der Waals surface area (Å²) in [5, 5.41) is 9.68. The number of hydrogen-bond acceptors (Lipinski definition) is 3. The third kappa shape index (κ3) is 4.60. The maximum Gasteiger partial charge on any atom is 0.410 e. The van der Waals surface area contributed by atoms with Crippen LogP contribution in [-0.2, 0) is 9.53 Å². The highest BCUT2D eigenvalue weighted by molar-refractivity contribution is 5.81. The number of nitrogens with zero attached hydrogens (tertiary/aromatic N) is 1. The molecule has 0 saturated heterocycles. The first kappa shape index (κ1) is 21.4. The molecule has 1 fully saturated rings. The van der Waals surface area contributed by atoms with Crippen LogP contribution < -0.4 is 0 Å². The van der Waals surface area contributed by atoms with Gasteiger partial charge in [0.25, 0.3) is 0 Å². The Balaban J connectivity index is 1.37. The zero-order valence-electron chi connectivity index (χ0n) is 18.1. The normalized spacial score (nSPS) is 16.5. The molecule has 0 aliphatic heterocycles. The van der Waals surface area contributed by atoms with Gasteiger partial charge in [-0.05, 0) is 34.6 Å². The van der Waals surface area contributed by atoms with Crippen LogP contribution in [-0.4, -0.2) is 41.8 Å². The predicted molar refractivity (Wildman–Crippen MR) is 120 cm³/mol. The first-order valence-corrected chi connectivity index (χ1v) is 11.4. The molecule has 2 aromatic rings. The number of aliphatic carboxylic acids is 1. The van der Waals surface area contributed by atoms with Gasteiger partial charge in [-0.2, -0.15) is 0 Å². The average molecular weight is 422 g/mol. The van der Waals surface area contributed by atoms with E-state index in [1.807, 2.05) is 24.3 Å². The van der Waals surface area contributed by atoms with E-state index in [0.29, 0.717) is 12.3 Å². The van der Waals surface area contributed by atoms with Crippen molar-refractivity contribution in [1.29, 1.82) is 0 Å². The lowest BCUT2D eigenvalue weighted by Crippen LogP contribution is -2.43. The van der Waals surface area contributed by atoms with E-state index in [0.717, 1.165) is 24.0 Å². The van der Waals surface area contributed by atoms with Crippen molar-refractivity contribution in [2.45, 2.75) is 56.9 Å². The highest BCUT2D eigenvalue weighted by atomic mass is 16.6. The van der Waals surface area contributed by atoms with E-state index < -0.39 is 18.1 Å². The molecule has 1 atom stereocenters. The molecule has 0 aromatic heterocycles. The molecule has 2 aliphatic rings. The molecule has 5 heteroatoms. The Labute approximate surface area is 184 Å². The number of carbonyl (C=O) groups excluding carboxylic acids is 1. The van der Waals surface area contributed by atoms with Gasteiger partial charge in [-0.15, -0.1) is 0 Å². The fraction of sp³-hybridized carbons (Fsp3) is 0.462. The van der Waals surface area contributed by atoms with Gasteiger partial charge in [0, 0.05) is 13.0 Å². The lowest BCUT2D eigenvalue weighted by Gasteiger charge is -2.25. The lowest BCUT2D eigenvalue weighted by atomic mass is 9.98. The average Bonchev–Trinajstić information content (AvgIpc) is 3.41. The molecule has 0 radical (unpaired) electrons. The van der Waals surface area contributed by atoms with Gasteiger partial charge in [0.05, 0.1) is 0 Å². The minimum Gasteiger partial charge on any atom is -0.480 e. The number of likely N-dealkylation sites (N-methyl/N-ethyl adjacent to an activating group) is 1. The van der Waals surface area contributed by atoms with Gasteiger partial charge in [0.1, 0.15) is 12.6 Å². The summed E-state index contributed by atoms with van der Waals surface area (Å²) in [6, 6.07) is 15.5. The van der Waals surface area contributed by atoms with Crippen molar-refractivity contribution in [3.8, 4) is 11.1 Å². The van der Waals surface area contributed by atoms with Crippen LogP contribution in [0.25, 0.3) is 11.1 Å². The number of rotatable bonds is 8. The van der Waals surface area contributed by atoms with Gasteiger partial charge in [0.2, 0.25) is 0 Å². The summed E-state index contributed by atoms with van der Waals surface area (Å²) in [5.74, 6) is -0.285. The van der Waals surface area contributed by atoms with Crippen molar-refractivity contribution in [3.63, 3.8) is 0 Å². The molecule has 2 aromatic carbocycles. The number of carbonyl (C=O) groups is 2. The summed E-state index contributed by atoms with van der Waals surface area (Å²) in [6.45, 7) is 0.200. The van der Waals surface area contributed by atoms with Crippen LogP contribution >= 0.6 is 0 Å². The molecular weight excluding hydrogens is 390 g/mol. The van der Waals surface area contributed by atoms with E-state index in [4.69, 9.17) is 4.74 Å². The largest absolute Gasteiger partial charge is 0.480 e. The predicted octanol–water partition coefficient (Wildman–Crippen LogP) is 5.68. The monoisotopic (exact) mass is 421 g/mol. The van der Waals surface area contributed by atoms with Crippen molar-refractivity contribution < 1.29 is 19.4 Å². The number of ether oxygens (including phenoxy) is 1. The molecule has 4 rings (SSSR count). The van der Waals surface area contributed by atoms with Crippen molar-refractivity contribution in [2.75, 3.05) is 13.7 Å². The summed E-state index contributed by atoms with van der Waals surface area (Å²) >= 11 is 0. The van der Waals surface area contributed by atoms with E-state index in [1.54, 1.807) is 0 Å². The van der Waals surface area contributed by atoms with Crippen LogP contribution in [0.5, 0.6) is 0 Å². The van der Waals surface area contributed by atoms with E-state index in [1.165, 1.54) is 48.8 Å². The summed E-state index contributed by atoms with van der Waals surface area (Å²) in [6.07, 6.45) is 6.83. The van der Waals surface area contributed by atoms with Gasteiger partial charge < -0.3 is 9.84 Å². The molecule has 2 aliphatic carbocycles.